The predicted molar refractivity (Wildman–Crippen MR) is 60.0 cm³/mol. The van der Waals surface area contributed by atoms with E-state index < -0.39 is 5.97 Å². The van der Waals surface area contributed by atoms with Gasteiger partial charge in [-0.2, -0.15) is 0 Å². The Morgan fingerprint density at radius 2 is 2.25 bits per heavy atom. The van der Waals surface area contributed by atoms with Gasteiger partial charge in [-0.25, -0.2) is 9.78 Å². The highest BCUT2D eigenvalue weighted by atomic mass is 35.5. The number of carbonyl (C=O) groups excluding carboxylic acids is 1. The number of furan rings is 1. The zero-order valence-corrected chi connectivity index (χ0v) is 9.80. The fourth-order valence-corrected chi connectivity index (χ4v) is 1.75. The number of hydrogen-bond acceptors (Lipinski definition) is 4. The quantitative estimate of drug-likeness (QED) is 0.614. The number of pyridine rings is 1. The van der Waals surface area contributed by atoms with Gasteiger partial charge in [0.2, 0.25) is 5.76 Å². The second-order valence-electron chi connectivity index (χ2n) is 2.97. The van der Waals surface area contributed by atoms with Crippen LogP contribution in [0.3, 0.4) is 0 Å². The Hall–Kier alpha value is -1.26. The molecular formula is C10H7Cl2NO3. The van der Waals surface area contributed by atoms with Crippen LogP contribution in [-0.2, 0) is 4.74 Å². The molecule has 2 rings (SSSR count). The minimum absolute atomic E-state index is 0.0634. The molecule has 0 spiro atoms. The first-order valence-corrected chi connectivity index (χ1v) is 5.30. The van der Waals surface area contributed by atoms with Crippen molar-refractivity contribution >= 4 is 40.3 Å². The van der Waals surface area contributed by atoms with Gasteiger partial charge in [0.25, 0.3) is 0 Å². The van der Waals surface area contributed by atoms with Crippen molar-refractivity contribution in [2.75, 3.05) is 6.61 Å². The predicted octanol–water partition coefficient (Wildman–Crippen LogP) is 3.31. The summed E-state index contributed by atoms with van der Waals surface area (Å²) < 4.78 is 10.0. The normalized spacial score (nSPS) is 10.7. The molecule has 0 saturated carbocycles. The van der Waals surface area contributed by atoms with Crippen LogP contribution >= 0.6 is 23.2 Å². The number of aromatic nitrogens is 1. The summed E-state index contributed by atoms with van der Waals surface area (Å²) in [5, 5.41) is 0.555. The first-order chi connectivity index (χ1) is 7.61. The Kier molecular flexibility index (Phi) is 3.03. The summed E-state index contributed by atoms with van der Waals surface area (Å²) in [4.78, 5) is 15.4. The molecule has 2 heterocycles. The molecule has 84 valence electrons. The van der Waals surface area contributed by atoms with E-state index in [4.69, 9.17) is 32.4 Å². The highest BCUT2D eigenvalue weighted by Crippen LogP contribution is 2.28. The van der Waals surface area contributed by atoms with Crippen LogP contribution in [-0.4, -0.2) is 17.6 Å². The average Bonchev–Trinajstić information content (AvgIpc) is 2.62. The summed E-state index contributed by atoms with van der Waals surface area (Å²) in [6.07, 6.45) is 0. The van der Waals surface area contributed by atoms with Gasteiger partial charge in [0.1, 0.15) is 10.7 Å². The molecule has 0 aliphatic carbocycles. The van der Waals surface area contributed by atoms with Crippen LogP contribution in [0.4, 0.5) is 0 Å². The number of carbonyl (C=O) groups is 1. The van der Waals surface area contributed by atoms with Crippen molar-refractivity contribution in [1.82, 2.24) is 4.98 Å². The van der Waals surface area contributed by atoms with Crippen LogP contribution in [0.25, 0.3) is 11.1 Å². The molecule has 16 heavy (non-hydrogen) atoms. The van der Waals surface area contributed by atoms with E-state index in [2.05, 4.69) is 4.98 Å². The number of rotatable bonds is 2. The Morgan fingerprint density at radius 3 is 2.94 bits per heavy atom. The molecule has 0 aliphatic rings. The zero-order valence-electron chi connectivity index (χ0n) is 8.29. The minimum Gasteiger partial charge on any atom is -0.460 e. The Labute approximate surface area is 101 Å². The van der Waals surface area contributed by atoms with Crippen LogP contribution in [0, 0.1) is 0 Å². The van der Waals surface area contributed by atoms with Gasteiger partial charge in [-0.05, 0) is 13.0 Å². The molecule has 0 saturated heterocycles. The second-order valence-corrected chi connectivity index (χ2v) is 3.77. The first kappa shape index (κ1) is 11.2. The lowest BCUT2D eigenvalue weighted by molar-refractivity contribution is 0.0492. The van der Waals surface area contributed by atoms with E-state index in [0.29, 0.717) is 16.1 Å². The maximum atomic E-state index is 11.4. The van der Waals surface area contributed by atoms with E-state index in [1.54, 1.807) is 6.92 Å². The smallest absolute Gasteiger partial charge is 0.374 e. The van der Waals surface area contributed by atoms with E-state index >= 15 is 0 Å². The van der Waals surface area contributed by atoms with Crippen molar-refractivity contribution in [2.45, 2.75) is 6.92 Å². The highest BCUT2D eigenvalue weighted by Gasteiger charge is 2.16. The number of halogens is 2. The number of esters is 1. The lowest BCUT2D eigenvalue weighted by Gasteiger charge is -1.95. The SMILES string of the molecule is CCOC(=O)c1cc2nc(Cl)cc(Cl)c2o1. The topological polar surface area (TPSA) is 52.3 Å². The van der Waals surface area contributed by atoms with E-state index in [-0.39, 0.29) is 17.5 Å². The van der Waals surface area contributed by atoms with Crippen LogP contribution in [0.2, 0.25) is 10.2 Å². The number of nitrogens with zero attached hydrogens (tertiary/aromatic N) is 1. The summed E-state index contributed by atoms with van der Waals surface area (Å²) in [6.45, 7) is 1.99. The van der Waals surface area contributed by atoms with E-state index in [1.807, 2.05) is 0 Å². The van der Waals surface area contributed by atoms with Crippen molar-refractivity contribution in [3.05, 3.63) is 28.1 Å². The second kappa shape index (κ2) is 4.31. The van der Waals surface area contributed by atoms with Gasteiger partial charge in [-0.3, -0.25) is 0 Å². The molecule has 0 fully saturated rings. The molecule has 0 radical (unpaired) electrons. The molecule has 0 amide bonds. The Bertz CT molecular complexity index is 550. The summed E-state index contributed by atoms with van der Waals surface area (Å²) in [5.74, 6) is -0.485. The number of fused-ring (bicyclic) bond motifs is 1. The van der Waals surface area contributed by atoms with Gasteiger partial charge < -0.3 is 9.15 Å². The molecule has 0 atom stereocenters. The zero-order chi connectivity index (χ0) is 11.7. The summed E-state index contributed by atoms with van der Waals surface area (Å²) in [5.41, 5.74) is 0.759. The highest BCUT2D eigenvalue weighted by molar-refractivity contribution is 6.37. The molecule has 6 heteroatoms. The Balaban J connectivity index is 2.51. The largest absolute Gasteiger partial charge is 0.460 e. The molecule has 2 aromatic rings. The standard InChI is InChI=1S/C10H7Cl2NO3/c1-2-15-10(14)7-4-6-9(16-7)5(11)3-8(12)13-6/h3-4H,2H2,1H3. The maximum absolute atomic E-state index is 11.4. The maximum Gasteiger partial charge on any atom is 0.374 e. The number of hydrogen-bond donors (Lipinski definition) is 0. The van der Waals surface area contributed by atoms with E-state index in [9.17, 15) is 4.79 Å². The van der Waals surface area contributed by atoms with Crippen LogP contribution in [0.15, 0.2) is 16.5 Å². The van der Waals surface area contributed by atoms with Crippen molar-refractivity contribution < 1.29 is 13.9 Å². The lowest BCUT2D eigenvalue weighted by atomic mass is 10.4. The van der Waals surface area contributed by atoms with Crippen LogP contribution in [0.5, 0.6) is 0 Å². The summed E-state index contributed by atoms with van der Waals surface area (Å²) >= 11 is 11.6. The minimum atomic E-state index is -0.548. The van der Waals surface area contributed by atoms with Crippen molar-refractivity contribution in [1.29, 1.82) is 0 Å². The molecule has 0 N–H and O–H groups in total. The van der Waals surface area contributed by atoms with Gasteiger partial charge in [0.05, 0.1) is 11.6 Å². The summed E-state index contributed by atoms with van der Waals surface area (Å²) in [6, 6.07) is 2.90. The molecular weight excluding hydrogens is 253 g/mol. The number of ether oxygens (including phenoxy) is 1. The van der Waals surface area contributed by atoms with Gasteiger partial charge >= 0.3 is 5.97 Å². The molecule has 0 unspecified atom stereocenters. The van der Waals surface area contributed by atoms with E-state index in [0.717, 1.165) is 0 Å². The average molecular weight is 260 g/mol. The first-order valence-electron chi connectivity index (χ1n) is 4.54. The van der Waals surface area contributed by atoms with Crippen molar-refractivity contribution in [2.24, 2.45) is 0 Å². The molecule has 4 nitrogen and oxygen atoms in total. The third-order valence-electron chi connectivity index (χ3n) is 1.88. The van der Waals surface area contributed by atoms with Crippen LogP contribution < -0.4 is 0 Å². The molecule has 2 aromatic heterocycles. The summed E-state index contributed by atoms with van der Waals surface area (Å²) in [7, 11) is 0. The van der Waals surface area contributed by atoms with Crippen molar-refractivity contribution in [3.8, 4) is 0 Å². The molecule has 0 bridgehead atoms. The fraction of sp³-hybridized carbons (Fsp3) is 0.200. The molecule has 0 aliphatic heterocycles. The molecule has 0 aromatic carbocycles. The van der Waals surface area contributed by atoms with Gasteiger partial charge in [-0.1, -0.05) is 23.2 Å². The van der Waals surface area contributed by atoms with E-state index in [1.165, 1.54) is 12.1 Å². The fourth-order valence-electron chi connectivity index (χ4n) is 1.26. The van der Waals surface area contributed by atoms with Gasteiger partial charge in [0, 0.05) is 6.07 Å². The Morgan fingerprint density at radius 1 is 1.50 bits per heavy atom. The third-order valence-corrected chi connectivity index (χ3v) is 2.35. The van der Waals surface area contributed by atoms with Crippen LogP contribution in [0.1, 0.15) is 17.5 Å². The third kappa shape index (κ3) is 1.99. The van der Waals surface area contributed by atoms with Gasteiger partial charge in [0.15, 0.2) is 5.58 Å². The van der Waals surface area contributed by atoms with Crippen molar-refractivity contribution in [3.63, 3.8) is 0 Å². The van der Waals surface area contributed by atoms with Gasteiger partial charge in [-0.15, -0.1) is 0 Å². The monoisotopic (exact) mass is 259 g/mol. The lowest BCUT2D eigenvalue weighted by Crippen LogP contribution is -2.02.